The molecule has 0 aromatic carbocycles. The van der Waals surface area contributed by atoms with Gasteiger partial charge >= 0.3 is 0 Å². The van der Waals surface area contributed by atoms with Gasteiger partial charge in [-0.25, -0.2) is 0 Å². The lowest BCUT2D eigenvalue weighted by Gasteiger charge is -2.46. The van der Waals surface area contributed by atoms with E-state index >= 15 is 0 Å². The first-order chi connectivity index (χ1) is 7.95. The summed E-state index contributed by atoms with van der Waals surface area (Å²) in [6.45, 7) is 13.8. The van der Waals surface area contributed by atoms with Gasteiger partial charge in [0.05, 0.1) is 5.60 Å². The Balaban J connectivity index is 2.57. The predicted molar refractivity (Wildman–Crippen MR) is 74.3 cm³/mol. The molecule has 0 atom stereocenters. The minimum atomic E-state index is -0.633. The summed E-state index contributed by atoms with van der Waals surface area (Å²) < 4.78 is 0. The number of rotatable bonds is 1. The lowest BCUT2D eigenvalue weighted by atomic mass is 9.71. The van der Waals surface area contributed by atoms with E-state index in [4.69, 9.17) is 0 Å². The van der Waals surface area contributed by atoms with Gasteiger partial charge in [0.15, 0.2) is 0 Å². The van der Waals surface area contributed by atoms with Crippen LogP contribution in [0.3, 0.4) is 0 Å². The van der Waals surface area contributed by atoms with E-state index in [2.05, 4.69) is 41.5 Å². The summed E-state index contributed by atoms with van der Waals surface area (Å²) in [7, 11) is 0. The number of amides is 1. The zero-order chi connectivity index (χ0) is 14.2. The van der Waals surface area contributed by atoms with Crippen molar-refractivity contribution in [3.63, 3.8) is 0 Å². The molecule has 0 saturated carbocycles. The molecule has 1 rings (SSSR count). The Labute approximate surface area is 112 Å². The quantitative estimate of drug-likeness (QED) is 0.782. The van der Waals surface area contributed by atoms with E-state index in [9.17, 15) is 9.90 Å². The number of carbonyl (C=O) groups is 1. The normalized spacial score (nSPS) is 20.9. The van der Waals surface area contributed by atoms with Crippen LogP contribution in [0.1, 0.15) is 60.8 Å². The van der Waals surface area contributed by atoms with E-state index in [0.29, 0.717) is 32.4 Å². The summed E-state index contributed by atoms with van der Waals surface area (Å²) >= 11 is 0. The van der Waals surface area contributed by atoms with Crippen LogP contribution in [0.15, 0.2) is 0 Å². The summed E-state index contributed by atoms with van der Waals surface area (Å²) in [6, 6.07) is 0. The molecular formula is C15H29NO2. The second-order valence-corrected chi connectivity index (χ2v) is 7.90. The van der Waals surface area contributed by atoms with Gasteiger partial charge in [-0.1, -0.05) is 41.5 Å². The number of nitrogens with zero attached hydrogens (tertiary/aromatic N) is 1. The summed E-state index contributed by atoms with van der Waals surface area (Å²) in [5, 5.41) is 10.6. The van der Waals surface area contributed by atoms with Crippen molar-refractivity contribution < 1.29 is 9.90 Å². The Morgan fingerprint density at radius 1 is 1.11 bits per heavy atom. The molecule has 0 aromatic rings. The average molecular weight is 255 g/mol. The first-order valence-corrected chi connectivity index (χ1v) is 6.95. The van der Waals surface area contributed by atoms with Crippen LogP contribution in [0.4, 0.5) is 0 Å². The highest BCUT2D eigenvalue weighted by Crippen LogP contribution is 2.38. The minimum Gasteiger partial charge on any atom is -0.389 e. The molecule has 0 aromatic heterocycles. The van der Waals surface area contributed by atoms with E-state index in [-0.39, 0.29) is 16.7 Å². The van der Waals surface area contributed by atoms with E-state index in [1.165, 1.54) is 0 Å². The standard InChI is InChI=1S/C15H29NO2/c1-13(2,3)11-12(17)16-9-7-15(18,8-10-16)14(4,5)6/h18H,7-11H2,1-6H3. The van der Waals surface area contributed by atoms with Crippen molar-refractivity contribution in [3.8, 4) is 0 Å². The van der Waals surface area contributed by atoms with E-state index < -0.39 is 5.60 Å². The van der Waals surface area contributed by atoms with Gasteiger partial charge in [-0.2, -0.15) is 0 Å². The number of hydrogen-bond donors (Lipinski definition) is 1. The molecule has 1 aliphatic rings. The second-order valence-electron chi connectivity index (χ2n) is 7.90. The van der Waals surface area contributed by atoms with Gasteiger partial charge in [-0.3, -0.25) is 4.79 Å². The second kappa shape index (κ2) is 4.84. The van der Waals surface area contributed by atoms with Crippen LogP contribution in [0.5, 0.6) is 0 Å². The molecule has 1 aliphatic heterocycles. The molecule has 0 spiro atoms. The number of likely N-dealkylation sites (tertiary alicyclic amines) is 1. The van der Waals surface area contributed by atoms with Crippen LogP contribution in [-0.2, 0) is 4.79 Å². The van der Waals surface area contributed by atoms with Crippen molar-refractivity contribution >= 4 is 5.91 Å². The third-order valence-corrected chi connectivity index (χ3v) is 4.02. The van der Waals surface area contributed by atoms with Crippen molar-refractivity contribution in [3.05, 3.63) is 0 Å². The molecule has 1 saturated heterocycles. The molecule has 0 aliphatic carbocycles. The Morgan fingerprint density at radius 2 is 1.56 bits per heavy atom. The number of carbonyl (C=O) groups excluding carboxylic acids is 1. The summed E-state index contributed by atoms with van der Waals surface area (Å²) in [5.41, 5.74) is -0.716. The zero-order valence-electron chi connectivity index (χ0n) is 12.8. The Bertz CT molecular complexity index is 301. The van der Waals surface area contributed by atoms with Crippen molar-refractivity contribution in [1.29, 1.82) is 0 Å². The third kappa shape index (κ3) is 3.71. The monoisotopic (exact) mass is 255 g/mol. The van der Waals surface area contributed by atoms with Gasteiger partial charge < -0.3 is 10.0 Å². The smallest absolute Gasteiger partial charge is 0.223 e. The fourth-order valence-corrected chi connectivity index (χ4v) is 2.44. The molecule has 1 amide bonds. The van der Waals surface area contributed by atoms with Gasteiger partial charge in [-0.05, 0) is 23.7 Å². The topological polar surface area (TPSA) is 40.5 Å². The lowest BCUT2D eigenvalue weighted by molar-refractivity contribution is -0.143. The van der Waals surface area contributed by atoms with E-state index in [0.717, 1.165) is 0 Å². The fraction of sp³-hybridized carbons (Fsp3) is 0.933. The molecule has 0 radical (unpaired) electrons. The summed E-state index contributed by atoms with van der Waals surface area (Å²) in [5.74, 6) is 0.221. The molecule has 0 unspecified atom stereocenters. The van der Waals surface area contributed by atoms with Gasteiger partial charge in [0.2, 0.25) is 5.91 Å². The highest BCUT2D eigenvalue weighted by molar-refractivity contribution is 5.76. The molecule has 18 heavy (non-hydrogen) atoms. The van der Waals surface area contributed by atoms with Crippen molar-refractivity contribution in [2.45, 2.75) is 66.4 Å². The number of piperidine rings is 1. The van der Waals surface area contributed by atoms with Crippen molar-refractivity contribution in [2.24, 2.45) is 10.8 Å². The summed E-state index contributed by atoms with van der Waals surface area (Å²) in [6.07, 6.45) is 1.96. The van der Waals surface area contributed by atoms with Crippen LogP contribution >= 0.6 is 0 Å². The third-order valence-electron chi connectivity index (χ3n) is 4.02. The predicted octanol–water partition coefficient (Wildman–Crippen LogP) is 2.82. The highest BCUT2D eigenvalue weighted by atomic mass is 16.3. The number of hydrogen-bond acceptors (Lipinski definition) is 2. The zero-order valence-corrected chi connectivity index (χ0v) is 12.8. The molecular weight excluding hydrogens is 226 g/mol. The van der Waals surface area contributed by atoms with Gasteiger partial charge in [0.25, 0.3) is 0 Å². The first-order valence-electron chi connectivity index (χ1n) is 6.95. The van der Waals surface area contributed by atoms with Crippen LogP contribution in [0, 0.1) is 10.8 Å². The molecule has 3 heteroatoms. The molecule has 106 valence electrons. The lowest BCUT2D eigenvalue weighted by Crippen LogP contribution is -2.53. The Kier molecular flexibility index (Phi) is 4.16. The molecule has 3 nitrogen and oxygen atoms in total. The maximum absolute atomic E-state index is 12.1. The van der Waals surface area contributed by atoms with Gasteiger partial charge in [-0.15, -0.1) is 0 Å². The van der Waals surface area contributed by atoms with Gasteiger partial charge in [0.1, 0.15) is 0 Å². The molecule has 1 heterocycles. The average Bonchev–Trinajstić information content (AvgIpc) is 2.14. The SMILES string of the molecule is CC(C)(C)CC(=O)N1CCC(O)(C(C)(C)C)CC1. The van der Waals surface area contributed by atoms with Crippen molar-refractivity contribution in [2.75, 3.05) is 13.1 Å². The fourth-order valence-electron chi connectivity index (χ4n) is 2.44. The largest absolute Gasteiger partial charge is 0.389 e. The minimum absolute atomic E-state index is 0.0366. The van der Waals surface area contributed by atoms with Crippen LogP contribution in [-0.4, -0.2) is 34.6 Å². The molecule has 1 N–H and O–H groups in total. The molecule has 1 fully saturated rings. The Morgan fingerprint density at radius 3 is 1.89 bits per heavy atom. The van der Waals surface area contributed by atoms with Crippen LogP contribution in [0.25, 0.3) is 0 Å². The number of aliphatic hydroxyl groups is 1. The van der Waals surface area contributed by atoms with Gasteiger partial charge in [0, 0.05) is 19.5 Å². The van der Waals surface area contributed by atoms with Crippen molar-refractivity contribution in [1.82, 2.24) is 4.90 Å². The summed E-state index contributed by atoms with van der Waals surface area (Å²) in [4.78, 5) is 14.0. The van der Waals surface area contributed by atoms with Crippen LogP contribution < -0.4 is 0 Å². The van der Waals surface area contributed by atoms with E-state index in [1.807, 2.05) is 4.90 Å². The Hall–Kier alpha value is -0.570. The maximum Gasteiger partial charge on any atom is 0.223 e. The maximum atomic E-state index is 12.1. The van der Waals surface area contributed by atoms with Crippen LogP contribution in [0.2, 0.25) is 0 Å². The van der Waals surface area contributed by atoms with E-state index in [1.54, 1.807) is 0 Å². The highest BCUT2D eigenvalue weighted by Gasteiger charge is 2.43. The first kappa shape index (κ1) is 15.5. The molecule has 0 bridgehead atoms.